The van der Waals surface area contributed by atoms with Crippen molar-refractivity contribution in [2.45, 2.75) is 26.2 Å². The molecular weight excluding hydrogens is 248 g/mol. The van der Waals surface area contributed by atoms with E-state index in [4.69, 9.17) is 5.73 Å². The fourth-order valence-electron chi connectivity index (χ4n) is 1.47. The molecule has 0 aromatic heterocycles. The van der Waals surface area contributed by atoms with Crippen LogP contribution in [0, 0.1) is 13.8 Å². The molecule has 0 bridgehead atoms. The summed E-state index contributed by atoms with van der Waals surface area (Å²) in [5, 5.41) is 0. The van der Waals surface area contributed by atoms with E-state index in [-0.39, 0.29) is 17.2 Å². The van der Waals surface area contributed by atoms with Gasteiger partial charge in [0.2, 0.25) is 0 Å². The van der Waals surface area contributed by atoms with Crippen molar-refractivity contribution in [2.75, 3.05) is 5.73 Å². The van der Waals surface area contributed by atoms with E-state index in [1.165, 1.54) is 0 Å². The zero-order chi connectivity index (χ0) is 13.6. The summed E-state index contributed by atoms with van der Waals surface area (Å²) in [6.45, 7) is 2.23. The Morgan fingerprint density at radius 3 is 1.59 bits per heavy atom. The van der Waals surface area contributed by atoms with E-state index < -0.39 is 29.2 Å². The second kappa shape index (κ2) is 3.82. The van der Waals surface area contributed by atoms with Gasteiger partial charge in [-0.1, -0.05) is 0 Å². The van der Waals surface area contributed by atoms with Gasteiger partial charge in [-0.3, -0.25) is 0 Å². The number of anilines is 1. The molecule has 0 saturated carbocycles. The summed E-state index contributed by atoms with van der Waals surface area (Å²) in [4.78, 5) is 0. The fraction of sp³-hybridized carbons (Fsp3) is 0.400. The highest BCUT2D eigenvalue weighted by Gasteiger charge is 2.40. The van der Waals surface area contributed by atoms with E-state index in [2.05, 4.69) is 0 Å². The highest BCUT2D eigenvalue weighted by molar-refractivity contribution is 5.60. The molecule has 0 heterocycles. The van der Waals surface area contributed by atoms with E-state index in [0.717, 1.165) is 13.8 Å². The zero-order valence-electron chi connectivity index (χ0n) is 8.92. The SMILES string of the molecule is Cc1c(C(F)(F)F)cc(C(F)(F)F)c(N)c1C. The van der Waals surface area contributed by atoms with Gasteiger partial charge >= 0.3 is 12.4 Å². The van der Waals surface area contributed by atoms with Crippen LogP contribution in [0.25, 0.3) is 0 Å². The Morgan fingerprint density at radius 1 is 0.824 bits per heavy atom. The summed E-state index contributed by atoms with van der Waals surface area (Å²) in [6.07, 6.45) is -9.73. The monoisotopic (exact) mass is 257 g/mol. The second-order valence-electron chi connectivity index (χ2n) is 3.63. The molecular formula is C10H9F6N. The predicted octanol–water partition coefficient (Wildman–Crippen LogP) is 3.92. The Kier molecular flexibility index (Phi) is 3.07. The largest absolute Gasteiger partial charge is 0.418 e. The van der Waals surface area contributed by atoms with Crippen LogP contribution in [-0.2, 0) is 12.4 Å². The molecule has 0 amide bonds. The minimum absolute atomic E-state index is 0.0532. The Bertz CT molecular complexity index is 405. The molecule has 0 radical (unpaired) electrons. The zero-order valence-corrected chi connectivity index (χ0v) is 8.92. The smallest absolute Gasteiger partial charge is 0.398 e. The normalized spacial score (nSPS) is 12.9. The fourth-order valence-corrected chi connectivity index (χ4v) is 1.47. The van der Waals surface area contributed by atoms with E-state index in [9.17, 15) is 26.3 Å². The molecule has 0 aliphatic rings. The molecule has 0 fully saturated rings. The third kappa shape index (κ3) is 2.48. The van der Waals surface area contributed by atoms with Gasteiger partial charge in [0.25, 0.3) is 0 Å². The maximum Gasteiger partial charge on any atom is 0.418 e. The molecule has 7 heteroatoms. The van der Waals surface area contributed by atoms with Gasteiger partial charge in [0.05, 0.1) is 11.1 Å². The van der Waals surface area contributed by atoms with Gasteiger partial charge in [0.1, 0.15) is 0 Å². The van der Waals surface area contributed by atoms with Gasteiger partial charge in [-0.15, -0.1) is 0 Å². The first kappa shape index (κ1) is 13.7. The van der Waals surface area contributed by atoms with Crippen LogP contribution < -0.4 is 5.73 Å². The van der Waals surface area contributed by atoms with Gasteiger partial charge < -0.3 is 5.73 Å². The third-order valence-electron chi connectivity index (χ3n) is 2.56. The predicted molar refractivity (Wildman–Crippen MR) is 50.3 cm³/mol. The Morgan fingerprint density at radius 2 is 1.24 bits per heavy atom. The summed E-state index contributed by atoms with van der Waals surface area (Å²) < 4.78 is 75.0. The van der Waals surface area contributed by atoms with Crippen molar-refractivity contribution in [2.24, 2.45) is 0 Å². The lowest BCUT2D eigenvalue weighted by Crippen LogP contribution is -2.16. The number of hydrogen-bond acceptors (Lipinski definition) is 1. The van der Waals surface area contributed by atoms with Crippen molar-refractivity contribution in [1.29, 1.82) is 0 Å². The van der Waals surface area contributed by atoms with Crippen LogP contribution in [0.15, 0.2) is 6.07 Å². The van der Waals surface area contributed by atoms with Crippen LogP contribution in [-0.4, -0.2) is 0 Å². The average molecular weight is 257 g/mol. The molecule has 96 valence electrons. The Labute approximate surface area is 93.2 Å². The van der Waals surface area contributed by atoms with Crippen molar-refractivity contribution in [3.8, 4) is 0 Å². The van der Waals surface area contributed by atoms with Gasteiger partial charge in [-0.2, -0.15) is 26.3 Å². The summed E-state index contributed by atoms with van der Waals surface area (Å²) in [7, 11) is 0. The van der Waals surface area contributed by atoms with E-state index in [1.54, 1.807) is 0 Å². The quantitative estimate of drug-likeness (QED) is 0.553. The van der Waals surface area contributed by atoms with Gasteiger partial charge in [0, 0.05) is 5.69 Å². The number of nitrogens with two attached hydrogens (primary N) is 1. The van der Waals surface area contributed by atoms with Crippen LogP contribution in [0.3, 0.4) is 0 Å². The molecule has 1 aromatic carbocycles. The maximum atomic E-state index is 12.5. The van der Waals surface area contributed by atoms with E-state index in [1.807, 2.05) is 0 Å². The van der Waals surface area contributed by atoms with Crippen LogP contribution in [0.1, 0.15) is 22.3 Å². The van der Waals surface area contributed by atoms with Crippen molar-refractivity contribution >= 4 is 5.69 Å². The van der Waals surface area contributed by atoms with Crippen LogP contribution in [0.2, 0.25) is 0 Å². The summed E-state index contributed by atoms with van der Waals surface area (Å²) in [5.41, 5.74) is 1.28. The first-order chi connectivity index (χ1) is 7.46. The Hall–Kier alpha value is -1.40. The molecule has 1 aromatic rings. The molecule has 2 N–H and O–H groups in total. The first-order valence-electron chi connectivity index (χ1n) is 4.50. The molecule has 0 spiro atoms. The van der Waals surface area contributed by atoms with Crippen LogP contribution >= 0.6 is 0 Å². The molecule has 0 unspecified atom stereocenters. The van der Waals surface area contributed by atoms with Gasteiger partial charge in [0.15, 0.2) is 0 Å². The second-order valence-corrected chi connectivity index (χ2v) is 3.63. The first-order valence-corrected chi connectivity index (χ1v) is 4.50. The highest BCUT2D eigenvalue weighted by Crippen LogP contribution is 2.41. The number of benzene rings is 1. The average Bonchev–Trinajstić information content (AvgIpc) is 2.10. The lowest BCUT2D eigenvalue weighted by atomic mass is 9.96. The molecule has 17 heavy (non-hydrogen) atoms. The molecule has 0 saturated heterocycles. The van der Waals surface area contributed by atoms with Crippen molar-refractivity contribution in [1.82, 2.24) is 0 Å². The van der Waals surface area contributed by atoms with Gasteiger partial charge in [-0.25, -0.2) is 0 Å². The summed E-state index contributed by atoms with van der Waals surface area (Å²) >= 11 is 0. The number of alkyl halides is 6. The van der Waals surface area contributed by atoms with Crippen LogP contribution in [0.5, 0.6) is 0 Å². The number of halogens is 6. The lowest BCUT2D eigenvalue weighted by Gasteiger charge is -2.19. The topological polar surface area (TPSA) is 26.0 Å². The molecule has 0 atom stereocenters. The van der Waals surface area contributed by atoms with Gasteiger partial charge in [-0.05, 0) is 31.0 Å². The molecule has 0 aliphatic carbocycles. The number of rotatable bonds is 0. The molecule has 1 nitrogen and oxygen atoms in total. The minimum Gasteiger partial charge on any atom is -0.398 e. The standard InChI is InChI=1S/C10H9F6N/c1-4-5(2)8(17)7(10(14,15)16)3-6(4)9(11,12)13/h3H,17H2,1-2H3. The van der Waals surface area contributed by atoms with Crippen molar-refractivity contribution < 1.29 is 26.3 Å². The third-order valence-corrected chi connectivity index (χ3v) is 2.56. The summed E-state index contributed by atoms with van der Waals surface area (Å²) in [6, 6.07) is 0.0532. The van der Waals surface area contributed by atoms with Crippen molar-refractivity contribution in [3.05, 3.63) is 28.3 Å². The minimum atomic E-state index is -4.90. The van der Waals surface area contributed by atoms with Crippen LogP contribution in [0.4, 0.5) is 32.0 Å². The summed E-state index contributed by atoms with van der Waals surface area (Å²) in [5.74, 6) is 0. The van der Waals surface area contributed by atoms with E-state index >= 15 is 0 Å². The number of nitrogen functional groups attached to an aromatic ring is 1. The number of hydrogen-bond donors (Lipinski definition) is 1. The Balaban J connectivity index is 3.63. The lowest BCUT2D eigenvalue weighted by molar-refractivity contribution is -0.143. The maximum absolute atomic E-state index is 12.5. The highest BCUT2D eigenvalue weighted by atomic mass is 19.4. The molecule has 1 rings (SSSR count). The van der Waals surface area contributed by atoms with E-state index in [0.29, 0.717) is 0 Å². The van der Waals surface area contributed by atoms with Crippen molar-refractivity contribution in [3.63, 3.8) is 0 Å². The molecule has 0 aliphatic heterocycles.